The van der Waals surface area contributed by atoms with Gasteiger partial charge in [-0.3, -0.25) is 14.7 Å². The Bertz CT molecular complexity index is 2550. The normalized spacial score (nSPS) is 17.3. The van der Waals surface area contributed by atoms with Gasteiger partial charge in [-0.2, -0.15) is 9.99 Å². The van der Waals surface area contributed by atoms with E-state index in [-0.39, 0.29) is 23.9 Å². The number of carbonyl (C=O) groups is 3. The summed E-state index contributed by atoms with van der Waals surface area (Å²) in [6, 6.07) is 29.7. The molecule has 2 aliphatic rings. The van der Waals surface area contributed by atoms with Gasteiger partial charge in [-0.05, 0) is 79.3 Å². The molecule has 4 aromatic carbocycles. The molecule has 4 atom stereocenters. The molecule has 0 unspecified atom stereocenters. The number of amides is 3. The third-order valence-electron chi connectivity index (χ3n) is 10.7. The lowest BCUT2D eigenvalue weighted by molar-refractivity contribution is -0.188. The molecule has 0 aliphatic carbocycles. The molecule has 15 nitrogen and oxygen atoms in total. The second-order valence-corrected chi connectivity index (χ2v) is 14.4. The third-order valence-corrected chi connectivity index (χ3v) is 10.7. The summed E-state index contributed by atoms with van der Waals surface area (Å²) in [7, 11) is 2.65. The second kappa shape index (κ2) is 18.1. The van der Waals surface area contributed by atoms with Crippen molar-refractivity contribution in [3.63, 3.8) is 0 Å². The largest absolute Gasteiger partial charge is 0.453 e. The van der Waals surface area contributed by atoms with E-state index in [4.69, 9.17) is 19.6 Å². The van der Waals surface area contributed by atoms with E-state index < -0.39 is 18.2 Å². The number of nitrogens with one attached hydrogen (secondary N) is 3. The SMILES string of the molecule is COO/C=N\[C@@H](C(=O)N1CCC[C@H]1c1nc2cc(C#Cc3ccc(-c4n[nH]c([C@@H]5CCCN5C(=O)[C@H](NC(=O)OC)c5ccccc5)n4)cc3)ccc2[nH]1)c1ccccc1. The maximum Gasteiger partial charge on any atom is 0.407 e. The van der Waals surface area contributed by atoms with Gasteiger partial charge in [-0.1, -0.05) is 72.5 Å². The number of benzene rings is 4. The Kier molecular flexibility index (Phi) is 11.9. The fraction of sp³-hybridized carbons (Fsp3) is 0.267. The number of alkyl carbamates (subject to hydrolysis) is 1. The van der Waals surface area contributed by atoms with E-state index in [0.717, 1.165) is 64.8 Å². The molecule has 0 bridgehead atoms. The highest BCUT2D eigenvalue weighted by atomic mass is 17.2. The summed E-state index contributed by atoms with van der Waals surface area (Å²) < 4.78 is 4.81. The number of hydrogen-bond donors (Lipinski definition) is 3. The summed E-state index contributed by atoms with van der Waals surface area (Å²) in [5.41, 5.74) is 5.43. The van der Waals surface area contributed by atoms with Crippen LogP contribution in [0.4, 0.5) is 4.79 Å². The molecule has 4 heterocycles. The van der Waals surface area contributed by atoms with Crippen molar-refractivity contribution in [2.75, 3.05) is 27.3 Å². The quantitative estimate of drug-likeness (QED) is 0.0432. The van der Waals surface area contributed by atoms with Crippen molar-refractivity contribution in [2.24, 2.45) is 4.99 Å². The molecule has 2 fully saturated rings. The van der Waals surface area contributed by atoms with Gasteiger partial charge in [0, 0.05) is 29.8 Å². The van der Waals surface area contributed by atoms with Crippen molar-refractivity contribution >= 4 is 35.3 Å². The van der Waals surface area contributed by atoms with Crippen molar-refractivity contribution in [2.45, 2.75) is 49.9 Å². The van der Waals surface area contributed by atoms with E-state index >= 15 is 0 Å². The first-order chi connectivity index (χ1) is 29.4. The maximum atomic E-state index is 13.9. The number of aromatic nitrogens is 5. The Labute approximate surface area is 346 Å². The van der Waals surface area contributed by atoms with Crippen LogP contribution in [-0.4, -0.2) is 86.6 Å². The summed E-state index contributed by atoms with van der Waals surface area (Å²) in [5.74, 6) is 7.90. The topological polar surface area (TPSA) is 180 Å². The molecule has 3 amide bonds. The van der Waals surface area contributed by atoms with Crippen LogP contribution in [0.15, 0.2) is 108 Å². The average molecular weight is 806 g/mol. The number of nitrogens with zero attached hydrogens (tertiary/aromatic N) is 6. The molecule has 2 aromatic heterocycles. The van der Waals surface area contributed by atoms with Crippen LogP contribution in [0.25, 0.3) is 22.4 Å². The zero-order valence-electron chi connectivity index (χ0n) is 33.1. The monoisotopic (exact) mass is 805 g/mol. The van der Waals surface area contributed by atoms with Crippen LogP contribution in [0.1, 0.15) is 83.8 Å². The van der Waals surface area contributed by atoms with Crippen LogP contribution in [0.5, 0.6) is 0 Å². The zero-order valence-corrected chi connectivity index (χ0v) is 33.1. The van der Waals surface area contributed by atoms with E-state index in [0.29, 0.717) is 36.7 Å². The number of carbonyl (C=O) groups excluding carboxylic acids is 3. The Balaban J connectivity index is 0.939. The molecule has 60 heavy (non-hydrogen) atoms. The van der Waals surface area contributed by atoms with Crippen LogP contribution >= 0.6 is 0 Å². The van der Waals surface area contributed by atoms with E-state index in [2.05, 4.69) is 42.2 Å². The predicted molar refractivity (Wildman–Crippen MR) is 222 cm³/mol. The lowest BCUT2D eigenvalue weighted by Crippen LogP contribution is -2.42. The van der Waals surface area contributed by atoms with Gasteiger partial charge in [0.25, 0.3) is 11.8 Å². The minimum absolute atomic E-state index is 0.141. The number of ether oxygens (including phenoxy) is 1. The summed E-state index contributed by atoms with van der Waals surface area (Å²) in [6.45, 7) is 1.11. The highest BCUT2D eigenvalue weighted by Gasteiger charge is 2.38. The number of imidazole rings is 1. The molecule has 2 aliphatic heterocycles. The predicted octanol–water partition coefficient (Wildman–Crippen LogP) is 6.52. The van der Waals surface area contributed by atoms with Gasteiger partial charge in [-0.15, -0.1) is 0 Å². The number of hydrogen-bond acceptors (Lipinski definition) is 10. The van der Waals surface area contributed by atoms with Gasteiger partial charge in [0.1, 0.15) is 17.7 Å². The van der Waals surface area contributed by atoms with Crippen molar-refractivity contribution in [3.8, 4) is 23.2 Å². The lowest BCUT2D eigenvalue weighted by Gasteiger charge is -2.28. The number of aliphatic imine (C=N–C) groups is 1. The standard InChI is InChI=1S/C45H43N9O6/c1-58-45(57)49-39(32-13-7-4-8-14-32)44(56)54-26-10-16-37(54)42-50-40(51-52-42)33-22-19-29(20-23-33)17-18-30-21-24-34-35(27-30)48-41(47-34)36-15-9-25-53(36)43(55)38(46-28-60-59-2)31-11-5-3-6-12-31/h3-8,11-14,19-24,27-28,36-39H,9-10,15-16,25-26H2,1-2H3,(H,47,48)(H,49,57)(H,50,51,52)/b46-28-/t36-,37-,38+,39+/m0/s1. The molecular weight excluding hydrogens is 763 g/mol. The highest BCUT2D eigenvalue weighted by Crippen LogP contribution is 2.36. The van der Waals surface area contributed by atoms with Gasteiger partial charge in [0.2, 0.25) is 6.40 Å². The van der Waals surface area contributed by atoms with E-state index in [1.54, 1.807) is 17.0 Å². The first-order valence-electron chi connectivity index (χ1n) is 19.7. The van der Waals surface area contributed by atoms with Crippen molar-refractivity contribution < 1.29 is 28.9 Å². The van der Waals surface area contributed by atoms with Crippen LogP contribution in [-0.2, 0) is 24.1 Å². The van der Waals surface area contributed by atoms with Gasteiger partial charge in [0.15, 0.2) is 11.9 Å². The van der Waals surface area contributed by atoms with Crippen LogP contribution in [0, 0.1) is 11.8 Å². The van der Waals surface area contributed by atoms with Gasteiger partial charge < -0.3 is 29.7 Å². The van der Waals surface area contributed by atoms with Crippen molar-refractivity contribution in [3.05, 3.63) is 137 Å². The van der Waals surface area contributed by atoms with Crippen molar-refractivity contribution in [1.82, 2.24) is 40.3 Å². The number of H-pyrrole nitrogens is 2. The summed E-state index contributed by atoms with van der Waals surface area (Å²) >= 11 is 0. The molecule has 6 aromatic rings. The lowest BCUT2D eigenvalue weighted by atomic mass is 10.1. The fourth-order valence-electron chi connectivity index (χ4n) is 7.78. The maximum absolute atomic E-state index is 13.9. The molecule has 0 radical (unpaired) electrons. The smallest absolute Gasteiger partial charge is 0.407 e. The Morgan fingerprint density at radius 1 is 0.800 bits per heavy atom. The molecule has 0 spiro atoms. The Morgan fingerprint density at radius 2 is 1.45 bits per heavy atom. The van der Waals surface area contributed by atoms with E-state index in [1.807, 2.05) is 95.9 Å². The first-order valence-corrected chi connectivity index (χ1v) is 19.7. The van der Waals surface area contributed by atoms with Gasteiger partial charge in [-0.25, -0.2) is 19.8 Å². The first kappa shape index (κ1) is 39.5. The molecule has 15 heteroatoms. The average Bonchev–Trinajstić information content (AvgIpc) is 4.13. The number of methoxy groups -OCH3 is 1. The number of aromatic amines is 2. The third kappa shape index (κ3) is 8.59. The van der Waals surface area contributed by atoms with Crippen LogP contribution < -0.4 is 5.32 Å². The Hall–Kier alpha value is -7.31. The molecule has 304 valence electrons. The van der Waals surface area contributed by atoms with Gasteiger partial charge in [0.05, 0.1) is 37.3 Å². The number of rotatable bonds is 11. The fourth-order valence-corrected chi connectivity index (χ4v) is 7.78. The number of likely N-dealkylation sites (tertiary alicyclic amines) is 2. The molecule has 0 saturated carbocycles. The molecule has 3 N–H and O–H groups in total. The second-order valence-electron chi connectivity index (χ2n) is 14.4. The highest BCUT2D eigenvalue weighted by molar-refractivity contribution is 5.88. The number of fused-ring (bicyclic) bond motifs is 1. The van der Waals surface area contributed by atoms with E-state index in [1.165, 1.54) is 14.2 Å². The summed E-state index contributed by atoms with van der Waals surface area (Å²) in [5, 5.41) is 10.2. The molecule has 2 saturated heterocycles. The zero-order chi connectivity index (χ0) is 41.4. The van der Waals surface area contributed by atoms with Crippen LogP contribution in [0.2, 0.25) is 0 Å². The molecular formula is C45H43N9O6. The summed E-state index contributed by atoms with van der Waals surface area (Å²) in [4.78, 5) is 70.6. The van der Waals surface area contributed by atoms with Gasteiger partial charge >= 0.3 is 6.09 Å². The molecule has 8 rings (SSSR count). The van der Waals surface area contributed by atoms with Crippen LogP contribution in [0.3, 0.4) is 0 Å². The minimum atomic E-state index is -0.906. The summed E-state index contributed by atoms with van der Waals surface area (Å²) in [6.07, 6.45) is 3.56. The Morgan fingerprint density at radius 3 is 2.15 bits per heavy atom. The van der Waals surface area contributed by atoms with Crippen molar-refractivity contribution in [1.29, 1.82) is 0 Å². The van der Waals surface area contributed by atoms with E-state index in [9.17, 15) is 14.4 Å². The minimum Gasteiger partial charge on any atom is -0.453 e.